The first kappa shape index (κ1) is 23.3. The van der Waals surface area contributed by atoms with Gasteiger partial charge in [-0.25, -0.2) is 18.0 Å². The fourth-order valence-corrected chi connectivity index (χ4v) is 4.88. The van der Waals surface area contributed by atoms with E-state index >= 15 is 0 Å². The monoisotopic (exact) mass is 459 g/mol. The maximum absolute atomic E-state index is 13.2. The van der Waals surface area contributed by atoms with Crippen LogP contribution in [0.2, 0.25) is 0 Å². The lowest BCUT2D eigenvalue weighted by atomic mass is 10.0. The van der Waals surface area contributed by atoms with Crippen molar-refractivity contribution in [3.8, 4) is 0 Å². The first-order chi connectivity index (χ1) is 15.2. The van der Waals surface area contributed by atoms with Crippen LogP contribution in [0, 0.1) is 0 Å². The van der Waals surface area contributed by atoms with E-state index < -0.39 is 34.0 Å². The molecule has 0 spiro atoms. The first-order valence-corrected chi connectivity index (χ1v) is 11.7. The van der Waals surface area contributed by atoms with Crippen molar-refractivity contribution in [1.29, 1.82) is 0 Å². The topological polar surface area (TPSA) is 122 Å². The van der Waals surface area contributed by atoms with E-state index in [4.69, 9.17) is 4.74 Å². The maximum Gasteiger partial charge on any atom is 0.338 e. The molecule has 0 bridgehead atoms. The Morgan fingerprint density at radius 3 is 2.47 bits per heavy atom. The molecule has 0 saturated heterocycles. The third kappa shape index (κ3) is 5.08. The maximum atomic E-state index is 13.2. The Labute approximate surface area is 186 Å². The number of rotatable bonds is 6. The van der Waals surface area contributed by atoms with Crippen molar-refractivity contribution < 1.29 is 27.5 Å². The minimum Gasteiger partial charge on any atom is -0.449 e. The molecule has 2 aromatic carbocycles. The number of imide groups is 1. The number of nitrogens with one attached hydrogen (secondary N) is 2. The number of hydrogen-bond donors (Lipinski definition) is 2. The Bertz CT molecular complexity index is 1110. The Hall–Kier alpha value is -3.40. The molecule has 0 unspecified atom stereocenters. The lowest BCUT2D eigenvalue weighted by Crippen LogP contribution is -2.44. The van der Waals surface area contributed by atoms with E-state index in [0.29, 0.717) is 18.8 Å². The van der Waals surface area contributed by atoms with Crippen molar-refractivity contribution in [2.75, 3.05) is 17.4 Å². The van der Waals surface area contributed by atoms with Gasteiger partial charge in [0.05, 0.1) is 16.1 Å². The number of aryl methyl sites for hydroxylation is 1. The summed E-state index contributed by atoms with van der Waals surface area (Å²) in [4.78, 5) is 35.7. The van der Waals surface area contributed by atoms with Gasteiger partial charge in [0, 0.05) is 13.1 Å². The molecule has 0 aromatic heterocycles. The van der Waals surface area contributed by atoms with Gasteiger partial charge >= 0.3 is 12.0 Å². The highest BCUT2D eigenvalue weighted by Crippen LogP contribution is 2.31. The van der Waals surface area contributed by atoms with Gasteiger partial charge in [-0.3, -0.25) is 14.4 Å². The van der Waals surface area contributed by atoms with Crippen LogP contribution >= 0.6 is 0 Å². The number of hydrogen-bond acceptors (Lipinski definition) is 6. The molecule has 32 heavy (non-hydrogen) atoms. The molecular weight excluding hydrogens is 434 g/mol. The number of benzene rings is 2. The number of anilines is 1. The van der Waals surface area contributed by atoms with Crippen molar-refractivity contribution in [1.82, 2.24) is 10.6 Å². The van der Waals surface area contributed by atoms with E-state index in [-0.39, 0.29) is 10.5 Å². The summed E-state index contributed by atoms with van der Waals surface area (Å²) in [7, 11) is -3.80. The molecule has 10 heteroatoms. The van der Waals surface area contributed by atoms with Crippen LogP contribution in [0.1, 0.15) is 36.2 Å². The number of amides is 3. The molecule has 3 rings (SSSR count). The number of fused-ring (bicyclic) bond motifs is 1. The quantitative estimate of drug-likeness (QED) is 0.639. The number of carbonyl (C=O) groups is 3. The number of carbonyl (C=O) groups excluding carboxylic acids is 3. The molecule has 1 heterocycles. The number of ether oxygens (including phenoxy) is 1. The van der Waals surface area contributed by atoms with E-state index in [9.17, 15) is 22.8 Å². The number of sulfonamides is 1. The smallest absolute Gasteiger partial charge is 0.338 e. The molecule has 0 fully saturated rings. The fourth-order valence-electron chi connectivity index (χ4n) is 3.34. The van der Waals surface area contributed by atoms with Crippen molar-refractivity contribution in [2.24, 2.45) is 0 Å². The van der Waals surface area contributed by atoms with Crippen molar-refractivity contribution in [3.05, 3.63) is 59.7 Å². The third-order valence-corrected chi connectivity index (χ3v) is 6.80. The van der Waals surface area contributed by atoms with Crippen LogP contribution in [0.4, 0.5) is 10.5 Å². The fraction of sp³-hybridized carbons (Fsp3) is 0.318. The molecule has 1 aliphatic heterocycles. The standard InChI is InChI=1S/C22H25N3O6S/c1-3-23-22(28)24-20(26)15(2)31-21(27)17-10-12-18(13-11-17)32(29,30)25-14-6-8-16-7-4-5-9-19(16)25/h4-5,7,9-13,15H,3,6,8,14H2,1-2H3,(H2,23,24,26,28)/t15-/m1/s1. The largest absolute Gasteiger partial charge is 0.449 e. The third-order valence-electron chi connectivity index (χ3n) is 4.97. The Morgan fingerprint density at radius 1 is 1.09 bits per heavy atom. The molecule has 2 aromatic rings. The molecule has 9 nitrogen and oxygen atoms in total. The van der Waals surface area contributed by atoms with Gasteiger partial charge in [-0.05, 0) is 62.6 Å². The zero-order valence-electron chi connectivity index (χ0n) is 17.8. The van der Waals surface area contributed by atoms with E-state index in [1.807, 2.05) is 12.1 Å². The molecule has 3 amide bonds. The summed E-state index contributed by atoms with van der Waals surface area (Å²) in [6.45, 7) is 3.74. The zero-order chi connectivity index (χ0) is 23.3. The minimum absolute atomic E-state index is 0.0489. The van der Waals surface area contributed by atoms with Crippen molar-refractivity contribution >= 4 is 33.6 Å². The summed E-state index contributed by atoms with van der Waals surface area (Å²) < 4.78 is 32.8. The summed E-state index contributed by atoms with van der Waals surface area (Å²) in [6, 6.07) is 12.0. The number of esters is 1. The number of para-hydroxylation sites is 1. The molecule has 170 valence electrons. The molecule has 2 N–H and O–H groups in total. The van der Waals surface area contributed by atoms with Crippen molar-refractivity contribution in [3.63, 3.8) is 0 Å². The van der Waals surface area contributed by atoms with Crippen LogP contribution in [-0.4, -0.2) is 45.5 Å². The number of urea groups is 1. The molecule has 0 saturated carbocycles. The molecular formula is C22H25N3O6S. The molecule has 1 aliphatic rings. The summed E-state index contributed by atoms with van der Waals surface area (Å²) in [5, 5.41) is 4.46. The van der Waals surface area contributed by atoms with Crippen LogP contribution in [0.25, 0.3) is 0 Å². The van der Waals surface area contributed by atoms with Gasteiger partial charge < -0.3 is 10.1 Å². The van der Waals surface area contributed by atoms with Gasteiger partial charge in [-0.2, -0.15) is 0 Å². The summed E-state index contributed by atoms with van der Waals surface area (Å²) in [5.41, 5.74) is 1.72. The van der Waals surface area contributed by atoms with Gasteiger partial charge in [0.2, 0.25) is 0 Å². The van der Waals surface area contributed by atoms with Crippen LogP contribution in [0.15, 0.2) is 53.4 Å². The van der Waals surface area contributed by atoms with Crippen LogP contribution in [0.5, 0.6) is 0 Å². The zero-order valence-corrected chi connectivity index (χ0v) is 18.6. The molecule has 0 aliphatic carbocycles. The van der Waals surface area contributed by atoms with Gasteiger partial charge in [-0.1, -0.05) is 18.2 Å². The lowest BCUT2D eigenvalue weighted by Gasteiger charge is -2.30. The second kappa shape index (κ2) is 9.82. The minimum atomic E-state index is -3.80. The highest BCUT2D eigenvalue weighted by molar-refractivity contribution is 7.92. The highest BCUT2D eigenvalue weighted by atomic mass is 32.2. The Balaban J connectivity index is 1.70. The Morgan fingerprint density at radius 2 is 1.78 bits per heavy atom. The van der Waals surface area contributed by atoms with E-state index in [2.05, 4.69) is 10.6 Å². The van der Waals surface area contributed by atoms with Crippen LogP contribution in [-0.2, 0) is 26.0 Å². The first-order valence-electron chi connectivity index (χ1n) is 10.2. The molecule has 1 atom stereocenters. The average Bonchev–Trinajstić information content (AvgIpc) is 2.78. The molecule has 0 radical (unpaired) electrons. The predicted molar refractivity (Wildman–Crippen MR) is 118 cm³/mol. The summed E-state index contributed by atoms with van der Waals surface area (Å²) in [5.74, 6) is -1.58. The predicted octanol–water partition coefficient (Wildman–Crippen LogP) is 2.22. The van der Waals surface area contributed by atoms with Gasteiger partial charge in [0.25, 0.3) is 15.9 Å². The van der Waals surface area contributed by atoms with E-state index in [1.165, 1.54) is 35.5 Å². The summed E-state index contributed by atoms with van der Waals surface area (Å²) >= 11 is 0. The normalized spacial score (nSPS) is 14.1. The van der Waals surface area contributed by atoms with Crippen LogP contribution < -0.4 is 14.9 Å². The van der Waals surface area contributed by atoms with Crippen LogP contribution in [0.3, 0.4) is 0 Å². The SMILES string of the molecule is CCNC(=O)NC(=O)[C@@H](C)OC(=O)c1ccc(S(=O)(=O)N2CCCc3ccccc32)cc1. The van der Waals surface area contributed by atoms with E-state index in [1.54, 1.807) is 19.1 Å². The number of nitrogens with zero attached hydrogens (tertiary/aromatic N) is 1. The Kier molecular flexibility index (Phi) is 7.14. The highest BCUT2D eigenvalue weighted by Gasteiger charge is 2.29. The van der Waals surface area contributed by atoms with Gasteiger partial charge in [0.1, 0.15) is 0 Å². The van der Waals surface area contributed by atoms with E-state index in [0.717, 1.165) is 18.4 Å². The second-order valence-electron chi connectivity index (χ2n) is 7.23. The van der Waals surface area contributed by atoms with Gasteiger partial charge in [0.15, 0.2) is 6.10 Å². The summed E-state index contributed by atoms with van der Waals surface area (Å²) in [6.07, 6.45) is 0.328. The average molecular weight is 460 g/mol. The van der Waals surface area contributed by atoms with Crippen molar-refractivity contribution in [2.45, 2.75) is 37.7 Å². The van der Waals surface area contributed by atoms with Gasteiger partial charge in [-0.15, -0.1) is 0 Å². The lowest BCUT2D eigenvalue weighted by molar-refractivity contribution is -0.127. The second-order valence-corrected chi connectivity index (χ2v) is 9.09.